The number of hydrogen-bond donors (Lipinski definition) is 0. The molecule has 2 heteroatoms. The van der Waals surface area contributed by atoms with E-state index in [1.54, 1.807) is 0 Å². The Bertz CT molecular complexity index is 364. The van der Waals surface area contributed by atoms with Crippen molar-refractivity contribution < 1.29 is 9.47 Å². The molecule has 2 aliphatic rings. The van der Waals surface area contributed by atoms with Crippen molar-refractivity contribution in [3.05, 3.63) is 34.4 Å². The molecule has 0 aromatic heterocycles. The fourth-order valence-corrected chi connectivity index (χ4v) is 2.62. The molecule has 0 saturated carbocycles. The highest BCUT2D eigenvalue weighted by Crippen LogP contribution is 2.39. The largest absolute Gasteiger partial charge is 0.368 e. The van der Waals surface area contributed by atoms with Crippen molar-refractivity contribution in [1.82, 2.24) is 0 Å². The first-order valence-electron chi connectivity index (χ1n) is 6.22. The zero-order chi connectivity index (χ0) is 11.1. The summed E-state index contributed by atoms with van der Waals surface area (Å²) in [5.41, 5.74) is 5.81. The molecule has 0 N–H and O–H groups in total. The van der Waals surface area contributed by atoms with E-state index in [0.29, 0.717) is 12.2 Å². The third kappa shape index (κ3) is 1.66. The molecule has 2 fully saturated rings. The molecule has 3 rings (SSSR count). The van der Waals surface area contributed by atoms with Gasteiger partial charge in [-0.1, -0.05) is 26.0 Å². The predicted octanol–water partition coefficient (Wildman–Crippen LogP) is 2.95. The quantitative estimate of drug-likeness (QED) is 0.726. The van der Waals surface area contributed by atoms with Crippen molar-refractivity contribution in [2.45, 2.75) is 38.9 Å². The van der Waals surface area contributed by atoms with Gasteiger partial charge in [0, 0.05) is 0 Å². The average molecular weight is 218 g/mol. The Kier molecular flexibility index (Phi) is 2.49. The van der Waals surface area contributed by atoms with Gasteiger partial charge in [0.2, 0.25) is 0 Å². The lowest BCUT2D eigenvalue weighted by atomic mass is 9.90. The summed E-state index contributed by atoms with van der Waals surface area (Å²) in [5, 5.41) is 0. The maximum Gasteiger partial charge on any atom is 0.106 e. The summed E-state index contributed by atoms with van der Waals surface area (Å²) >= 11 is 0. The van der Waals surface area contributed by atoms with Crippen molar-refractivity contribution in [2.75, 3.05) is 13.2 Å². The molecule has 0 radical (unpaired) electrons. The number of epoxide rings is 2. The molecule has 1 aromatic rings. The summed E-state index contributed by atoms with van der Waals surface area (Å²) in [4.78, 5) is 0. The molecular weight excluding hydrogens is 200 g/mol. The van der Waals surface area contributed by atoms with Crippen LogP contribution in [0.25, 0.3) is 0 Å². The van der Waals surface area contributed by atoms with Gasteiger partial charge in [-0.3, -0.25) is 0 Å². The van der Waals surface area contributed by atoms with Crippen molar-refractivity contribution in [2.24, 2.45) is 0 Å². The van der Waals surface area contributed by atoms with Gasteiger partial charge in [0.05, 0.1) is 13.2 Å². The van der Waals surface area contributed by atoms with Crippen molar-refractivity contribution in [1.29, 1.82) is 0 Å². The Balaban J connectivity index is 2.08. The Labute approximate surface area is 96.6 Å². The lowest BCUT2D eigenvalue weighted by Crippen LogP contribution is -2.02. The topological polar surface area (TPSA) is 25.1 Å². The monoisotopic (exact) mass is 218 g/mol. The maximum atomic E-state index is 5.42. The second-order valence-corrected chi connectivity index (χ2v) is 4.55. The summed E-state index contributed by atoms with van der Waals surface area (Å²) in [7, 11) is 0. The third-order valence-electron chi connectivity index (χ3n) is 3.57. The van der Waals surface area contributed by atoms with Crippen LogP contribution in [0.1, 0.15) is 48.3 Å². The number of ether oxygens (including phenoxy) is 2. The molecular formula is C14H18O2. The lowest BCUT2D eigenvalue weighted by Gasteiger charge is -2.15. The van der Waals surface area contributed by atoms with Crippen LogP contribution in [0.2, 0.25) is 0 Å². The molecule has 0 spiro atoms. The van der Waals surface area contributed by atoms with E-state index < -0.39 is 0 Å². The van der Waals surface area contributed by atoms with Gasteiger partial charge in [0.25, 0.3) is 0 Å². The minimum absolute atomic E-state index is 0.370. The SMILES string of the molecule is CCc1c(C2CO2)ccc(C2CO2)c1CC. The summed E-state index contributed by atoms with van der Waals surface area (Å²) in [6.45, 7) is 6.26. The highest BCUT2D eigenvalue weighted by Gasteiger charge is 2.32. The molecule has 86 valence electrons. The standard InChI is InChI=1S/C14H18O2/c1-3-9-10(4-2)12(14-8-16-14)6-5-11(9)13-7-15-13/h5-6,13-14H,3-4,7-8H2,1-2H3. The molecule has 2 saturated heterocycles. The van der Waals surface area contributed by atoms with E-state index in [4.69, 9.17) is 9.47 Å². The summed E-state index contributed by atoms with van der Waals surface area (Å²) in [6, 6.07) is 4.49. The normalized spacial score (nSPS) is 26.9. The van der Waals surface area contributed by atoms with Gasteiger partial charge in [-0.05, 0) is 35.1 Å². The highest BCUT2D eigenvalue weighted by atomic mass is 16.6. The van der Waals surface area contributed by atoms with Crippen LogP contribution in [0.5, 0.6) is 0 Å². The van der Waals surface area contributed by atoms with Crippen LogP contribution in [-0.2, 0) is 22.3 Å². The second kappa shape index (κ2) is 3.86. The molecule has 0 amide bonds. The Hall–Kier alpha value is -0.860. The molecule has 2 unspecified atom stereocenters. The van der Waals surface area contributed by atoms with Crippen molar-refractivity contribution in [3.8, 4) is 0 Å². The van der Waals surface area contributed by atoms with Crippen LogP contribution >= 0.6 is 0 Å². The van der Waals surface area contributed by atoms with E-state index in [1.165, 1.54) is 22.3 Å². The van der Waals surface area contributed by atoms with Crippen LogP contribution in [0.4, 0.5) is 0 Å². The van der Waals surface area contributed by atoms with Gasteiger partial charge in [0.15, 0.2) is 0 Å². The molecule has 2 nitrogen and oxygen atoms in total. The van der Waals surface area contributed by atoms with E-state index in [1.807, 2.05) is 0 Å². The van der Waals surface area contributed by atoms with Gasteiger partial charge in [-0.15, -0.1) is 0 Å². The molecule has 2 atom stereocenters. The molecule has 0 aliphatic carbocycles. The second-order valence-electron chi connectivity index (χ2n) is 4.55. The van der Waals surface area contributed by atoms with Crippen molar-refractivity contribution in [3.63, 3.8) is 0 Å². The molecule has 0 bridgehead atoms. The third-order valence-corrected chi connectivity index (χ3v) is 3.57. The van der Waals surface area contributed by atoms with Crippen LogP contribution in [-0.4, -0.2) is 13.2 Å². The fraction of sp³-hybridized carbons (Fsp3) is 0.571. The first-order chi connectivity index (χ1) is 7.85. The summed E-state index contributed by atoms with van der Waals surface area (Å²) < 4.78 is 10.8. The lowest BCUT2D eigenvalue weighted by molar-refractivity contribution is 0.410. The van der Waals surface area contributed by atoms with Gasteiger partial charge in [-0.2, -0.15) is 0 Å². The van der Waals surface area contributed by atoms with Gasteiger partial charge >= 0.3 is 0 Å². The van der Waals surface area contributed by atoms with Crippen LogP contribution in [0, 0.1) is 0 Å². The molecule has 2 heterocycles. The Morgan fingerprint density at radius 3 is 1.56 bits per heavy atom. The molecule has 2 aliphatic heterocycles. The minimum Gasteiger partial charge on any atom is -0.368 e. The summed E-state index contributed by atoms with van der Waals surface area (Å²) in [6.07, 6.45) is 2.93. The molecule has 16 heavy (non-hydrogen) atoms. The van der Waals surface area contributed by atoms with Crippen molar-refractivity contribution >= 4 is 0 Å². The van der Waals surface area contributed by atoms with Crippen LogP contribution < -0.4 is 0 Å². The zero-order valence-corrected chi connectivity index (χ0v) is 9.95. The van der Waals surface area contributed by atoms with E-state index in [-0.39, 0.29) is 0 Å². The highest BCUT2D eigenvalue weighted by molar-refractivity contribution is 5.45. The number of rotatable bonds is 4. The molecule has 1 aromatic carbocycles. The summed E-state index contributed by atoms with van der Waals surface area (Å²) in [5.74, 6) is 0. The zero-order valence-electron chi connectivity index (χ0n) is 9.95. The first kappa shape index (κ1) is 10.3. The smallest absolute Gasteiger partial charge is 0.106 e. The van der Waals surface area contributed by atoms with Gasteiger partial charge in [-0.25, -0.2) is 0 Å². The number of hydrogen-bond acceptors (Lipinski definition) is 2. The first-order valence-corrected chi connectivity index (χ1v) is 6.22. The van der Waals surface area contributed by atoms with E-state index in [9.17, 15) is 0 Å². The fourth-order valence-electron chi connectivity index (χ4n) is 2.62. The van der Waals surface area contributed by atoms with E-state index in [0.717, 1.165) is 26.1 Å². The minimum atomic E-state index is 0.370. The van der Waals surface area contributed by atoms with Crippen LogP contribution in [0.15, 0.2) is 12.1 Å². The average Bonchev–Trinajstić information content (AvgIpc) is 3.19. The Morgan fingerprint density at radius 2 is 1.31 bits per heavy atom. The van der Waals surface area contributed by atoms with Crippen LogP contribution in [0.3, 0.4) is 0 Å². The van der Waals surface area contributed by atoms with E-state index >= 15 is 0 Å². The maximum absolute atomic E-state index is 5.42. The number of benzene rings is 1. The van der Waals surface area contributed by atoms with E-state index in [2.05, 4.69) is 26.0 Å². The predicted molar refractivity (Wildman–Crippen MR) is 62.6 cm³/mol. The Morgan fingerprint density at radius 1 is 0.938 bits per heavy atom. The van der Waals surface area contributed by atoms with Gasteiger partial charge < -0.3 is 9.47 Å². The van der Waals surface area contributed by atoms with Gasteiger partial charge in [0.1, 0.15) is 12.2 Å².